The van der Waals surface area contributed by atoms with Gasteiger partial charge in [0.1, 0.15) is 0 Å². The Morgan fingerprint density at radius 1 is 1.16 bits per heavy atom. The fraction of sp³-hybridized carbons (Fsp3) is 0.600. The first-order chi connectivity index (χ1) is 9.24. The number of halogens is 1. The number of aliphatic hydroxyl groups is 1. The highest BCUT2D eigenvalue weighted by atomic mass is 35.5. The summed E-state index contributed by atoms with van der Waals surface area (Å²) in [7, 11) is 0. The van der Waals surface area contributed by atoms with Crippen LogP contribution in [0.15, 0.2) is 24.3 Å². The highest BCUT2D eigenvalue weighted by Gasteiger charge is 2.14. The van der Waals surface area contributed by atoms with Gasteiger partial charge in [-0.05, 0) is 43.6 Å². The van der Waals surface area contributed by atoms with E-state index in [-0.39, 0.29) is 0 Å². The Balaban J connectivity index is 1.63. The van der Waals surface area contributed by atoms with Crippen LogP contribution in [0.2, 0.25) is 5.02 Å². The summed E-state index contributed by atoms with van der Waals surface area (Å²) in [6, 6.07) is 7.59. The highest BCUT2D eigenvalue weighted by molar-refractivity contribution is 6.30. The van der Waals surface area contributed by atoms with Gasteiger partial charge in [0.05, 0.1) is 19.3 Å². The maximum atomic E-state index is 9.94. The molecule has 0 unspecified atom stereocenters. The summed E-state index contributed by atoms with van der Waals surface area (Å²) in [5, 5.41) is 10.7. The lowest BCUT2D eigenvalue weighted by Gasteiger charge is -2.28. The monoisotopic (exact) mass is 283 g/mol. The number of nitrogens with zero attached hydrogens (tertiary/aromatic N) is 1. The standard InChI is InChI=1S/C15H22ClNO2/c16-14-6-4-13(5-7-14)11-19-12-15(18)10-17-8-2-1-3-9-17/h4-7,15,18H,1-3,8-12H2/t15-/m1/s1. The van der Waals surface area contributed by atoms with Crippen molar-refractivity contribution in [2.75, 3.05) is 26.2 Å². The van der Waals surface area contributed by atoms with E-state index in [1.165, 1.54) is 19.3 Å². The fourth-order valence-corrected chi connectivity index (χ4v) is 2.51. The predicted octanol–water partition coefficient (Wildman–Crippen LogP) is 2.70. The van der Waals surface area contributed by atoms with E-state index in [2.05, 4.69) is 4.90 Å². The summed E-state index contributed by atoms with van der Waals surface area (Å²) in [6.45, 7) is 3.84. The van der Waals surface area contributed by atoms with Gasteiger partial charge >= 0.3 is 0 Å². The van der Waals surface area contributed by atoms with E-state index in [0.717, 1.165) is 30.2 Å². The number of piperidine rings is 1. The van der Waals surface area contributed by atoms with E-state index in [9.17, 15) is 5.11 Å². The average molecular weight is 284 g/mol. The molecule has 1 N–H and O–H groups in total. The molecule has 0 bridgehead atoms. The van der Waals surface area contributed by atoms with Crippen LogP contribution in [0.1, 0.15) is 24.8 Å². The lowest BCUT2D eigenvalue weighted by molar-refractivity contribution is 0.00713. The Morgan fingerprint density at radius 2 is 1.84 bits per heavy atom. The van der Waals surface area contributed by atoms with Crippen LogP contribution in [0.25, 0.3) is 0 Å². The zero-order chi connectivity index (χ0) is 13.5. The smallest absolute Gasteiger partial charge is 0.0900 e. The molecule has 1 atom stereocenters. The van der Waals surface area contributed by atoms with Crippen molar-refractivity contribution in [1.82, 2.24) is 4.90 Å². The van der Waals surface area contributed by atoms with E-state index in [1.54, 1.807) is 0 Å². The molecule has 2 rings (SSSR count). The Labute approximate surface area is 120 Å². The molecule has 1 aliphatic heterocycles. The molecule has 0 aromatic heterocycles. The Hall–Kier alpha value is -0.610. The zero-order valence-corrected chi connectivity index (χ0v) is 12.0. The molecule has 0 radical (unpaired) electrons. The van der Waals surface area contributed by atoms with E-state index in [1.807, 2.05) is 24.3 Å². The second-order valence-electron chi connectivity index (χ2n) is 5.16. The molecule has 19 heavy (non-hydrogen) atoms. The Morgan fingerprint density at radius 3 is 2.53 bits per heavy atom. The zero-order valence-electron chi connectivity index (χ0n) is 11.2. The first-order valence-corrected chi connectivity index (χ1v) is 7.34. The van der Waals surface area contributed by atoms with Gasteiger partial charge < -0.3 is 14.7 Å². The molecular formula is C15H22ClNO2. The van der Waals surface area contributed by atoms with Gasteiger partial charge in [0.15, 0.2) is 0 Å². The van der Waals surface area contributed by atoms with Crippen LogP contribution >= 0.6 is 11.6 Å². The largest absolute Gasteiger partial charge is 0.389 e. The minimum Gasteiger partial charge on any atom is -0.389 e. The molecular weight excluding hydrogens is 262 g/mol. The molecule has 106 valence electrons. The van der Waals surface area contributed by atoms with Crippen molar-refractivity contribution in [3.63, 3.8) is 0 Å². The highest BCUT2D eigenvalue weighted by Crippen LogP contribution is 2.11. The van der Waals surface area contributed by atoms with E-state index >= 15 is 0 Å². The molecule has 1 aromatic rings. The molecule has 3 nitrogen and oxygen atoms in total. The third-order valence-corrected chi connectivity index (χ3v) is 3.66. The maximum Gasteiger partial charge on any atom is 0.0900 e. The molecule has 1 fully saturated rings. The van der Waals surface area contributed by atoms with Crippen molar-refractivity contribution in [3.05, 3.63) is 34.9 Å². The number of hydrogen-bond donors (Lipinski definition) is 1. The molecule has 1 aromatic carbocycles. The first kappa shape index (κ1) is 14.8. The normalized spacial score (nSPS) is 18.4. The van der Waals surface area contributed by atoms with Gasteiger partial charge in [0.2, 0.25) is 0 Å². The Bertz CT molecular complexity index is 363. The molecule has 1 aliphatic rings. The molecule has 0 spiro atoms. The number of aliphatic hydroxyl groups excluding tert-OH is 1. The minimum atomic E-state index is -0.398. The van der Waals surface area contributed by atoms with Gasteiger partial charge in [-0.3, -0.25) is 0 Å². The first-order valence-electron chi connectivity index (χ1n) is 6.96. The van der Waals surface area contributed by atoms with Crippen molar-refractivity contribution in [1.29, 1.82) is 0 Å². The summed E-state index contributed by atoms with van der Waals surface area (Å²) >= 11 is 5.82. The van der Waals surface area contributed by atoms with Crippen LogP contribution in [0.4, 0.5) is 0 Å². The number of β-amino-alcohol motifs (C(OH)–C–C–N with tert-alkyl or cyclic N) is 1. The number of rotatable bonds is 6. The van der Waals surface area contributed by atoms with Crippen LogP contribution in [0.5, 0.6) is 0 Å². The van der Waals surface area contributed by atoms with Crippen molar-refractivity contribution < 1.29 is 9.84 Å². The fourth-order valence-electron chi connectivity index (χ4n) is 2.39. The van der Waals surface area contributed by atoms with Gasteiger partial charge in [-0.1, -0.05) is 30.2 Å². The number of hydrogen-bond acceptors (Lipinski definition) is 3. The lowest BCUT2D eigenvalue weighted by Crippen LogP contribution is -2.38. The molecule has 0 saturated carbocycles. The summed E-state index contributed by atoms with van der Waals surface area (Å²) in [4.78, 5) is 2.32. The summed E-state index contributed by atoms with van der Waals surface area (Å²) < 4.78 is 5.54. The number of likely N-dealkylation sites (tertiary alicyclic amines) is 1. The predicted molar refractivity (Wildman–Crippen MR) is 77.4 cm³/mol. The van der Waals surface area contributed by atoms with Crippen LogP contribution in [0, 0.1) is 0 Å². The number of ether oxygens (including phenoxy) is 1. The van der Waals surface area contributed by atoms with Gasteiger partial charge in [0, 0.05) is 11.6 Å². The van der Waals surface area contributed by atoms with Crippen LogP contribution < -0.4 is 0 Å². The second kappa shape index (κ2) is 7.85. The second-order valence-corrected chi connectivity index (χ2v) is 5.59. The van der Waals surface area contributed by atoms with Crippen LogP contribution in [-0.2, 0) is 11.3 Å². The van der Waals surface area contributed by atoms with Crippen molar-refractivity contribution >= 4 is 11.6 Å². The molecule has 0 aliphatic carbocycles. The number of benzene rings is 1. The van der Waals surface area contributed by atoms with Gasteiger partial charge in [-0.15, -0.1) is 0 Å². The maximum absolute atomic E-state index is 9.94. The van der Waals surface area contributed by atoms with Crippen molar-refractivity contribution in [2.24, 2.45) is 0 Å². The van der Waals surface area contributed by atoms with Gasteiger partial charge in [0.25, 0.3) is 0 Å². The minimum absolute atomic E-state index is 0.388. The summed E-state index contributed by atoms with van der Waals surface area (Å²) in [6.07, 6.45) is 3.42. The quantitative estimate of drug-likeness (QED) is 0.871. The van der Waals surface area contributed by atoms with E-state index in [4.69, 9.17) is 16.3 Å². The third kappa shape index (κ3) is 5.49. The summed E-state index contributed by atoms with van der Waals surface area (Å²) in [5.74, 6) is 0. The third-order valence-electron chi connectivity index (χ3n) is 3.41. The SMILES string of the molecule is O[C@@H](COCc1ccc(Cl)cc1)CN1CCCCC1. The van der Waals surface area contributed by atoms with E-state index in [0.29, 0.717) is 13.2 Å². The van der Waals surface area contributed by atoms with Gasteiger partial charge in [-0.25, -0.2) is 0 Å². The molecule has 1 saturated heterocycles. The average Bonchev–Trinajstić information content (AvgIpc) is 2.42. The molecule has 0 amide bonds. The summed E-state index contributed by atoms with van der Waals surface area (Å²) in [5.41, 5.74) is 1.08. The van der Waals surface area contributed by atoms with Crippen molar-refractivity contribution in [2.45, 2.75) is 32.0 Å². The molecule has 1 heterocycles. The van der Waals surface area contributed by atoms with Crippen LogP contribution in [-0.4, -0.2) is 42.4 Å². The van der Waals surface area contributed by atoms with Crippen molar-refractivity contribution in [3.8, 4) is 0 Å². The molecule has 4 heteroatoms. The van der Waals surface area contributed by atoms with Gasteiger partial charge in [-0.2, -0.15) is 0 Å². The van der Waals surface area contributed by atoms with Crippen LogP contribution in [0.3, 0.4) is 0 Å². The topological polar surface area (TPSA) is 32.7 Å². The Kier molecular flexibility index (Phi) is 6.11. The van der Waals surface area contributed by atoms with E-state index < -0.39 is 6.10 Å². The lowest BCUT2D eigenvalue weighted by atomic mass is 10.1.